The van der Waals surface area contributed by atoms with Crippen LogP contribution in [0.1, 0.15) is 18.0 Å². The fourth-order valence-electron chi connectivity index (χ4n) is 2.29. The molecule has 1 atom stereocenters. The maximum Gasteiger partial charge on any atom is 0.358 e. The highest BCUT2D eigenvalue weighted by atomic mass is 28.3. The third kappa shape index (κ3) is 8.13. The van der Waals surface area contributed by atoms with Gasteiger partial charge in [0.05, 0.1) is 19.3 Å². The van der Waals surface area contributed by atoms with Gasteiger partial charge in [-0.25, -0.2) is 4.79 Å². The van der Waals surface area contributed by atoms with E-state index in [-0.39, 0.29) is 13.2 Å². The Morgan fingerprint density at radius 1 is 1.30 bits per heavy atom. The molecular weight excluding hydrogens is 368 g/mol. The molecule has 0 aromatic heterocycles. The van der Waals surface area contributed by atoms with Crippen molar-refractivity contribution in [2.45, 2.75) is 44.1 Å². The van der Waals surface area contributed by atoms with E-state index >= 15 is 0 Å². The lowest BCUT2D eigenvalue weighted by molar-refractivity contribution is -0.136. The van der Waals surface area contributed by atoms with Gasteiger partial charge >= 0.3 is 5.97 Å². The molecule has 0 aliphatic heterocycles. The van der Waals surface area contributed by atoms with E-state index in [4.69, 9.17) is 9.47 Å². The van der Waals surface area contributed by atoms with Crippen molar-refractivity contribution in [1.82, 2.24) is 0 Å². The summed E-state index contributed by atoms with van der Waals surface area (Å²) in [5, 5.41) is 0. The molecule has 1 rings (SSSR count). The number of aliphatic imine (C=N–C) groups is 1. The van der Waals surface area contributed by atoms with Crippen LogP contribution < -0.4 is 0 Å². The molecule has 0 fully saturated rings. The fraction of sp³-hybridized carbons (Fsp3) is 0.500. The highest BCUT2D eigenvalue weighted by Crippen LogP contribution is 2.26. The minimum absolute atomic E-state index is 0.0693. The summed E-state index contributed by atoms with van der Waals surface area (Å²) < 4.78 is 39.4. The highest BCUT2D eigenvalue weighted by Gasteiger charge is 2.41. The minimum Gasteiger partial charge on any atom is -0.461 e. The van der Waals surface area contributed by atoms with E-state index in [2.05, 4.69) is 31.2 Å². The third-order valence-electron chi connectivity index (χ3n) is 3.82. The zero-order valence-corrected chi connectivity index (χ0v) is 17.5. The van der Waals surface area contributed by atoms with Crippen molar-refractivity contribution in [3.8, 4) is 0 Å². The summed E-state index contributed by atoms with van der Waals surface area (Å²) >= 11 is 0. The predicted octanol–water partition coefficient (Wildman–Crippen LogP) is 4.91. The van der Waals surface area contributed by atoms with Gasteiger partial charge < -0.3 is 9.47 Å². The van der Waals surface area contributed by atoms with E-state index in [1.54, 1.807) is 24.3 Å². The number of nitrogens with zero attached hydrogens (tertiary/aromatic N) is 1. The number of rotatable bonds is 11. The molecule has 0 N–H and O–H groups in total. The van der Waals surface area contributed by atoms with Gasteiger partial charge in [-0.15, -0.1) is 6.58 Å². The second-order valence-corrected chi connectivity index (χ2v) is 13.1. The van der Waals surface area contributed by atoms with Crippen LogP contribution in [0, 0.1) is 0 Å². The summed E-state index contributed by atoms with van der Waals surface area (Å²) in [6.45, 7) is 9.88. The van der Waals surface area contributed by atoms with Crippen molar-refractivity contribution in [3.63, 3.8) is 0 Å². The smallest absolute Gasteiger partial charge is 0.358 e. The Morgan fingerprint density at radius 3 is 2.44 bits per heavy atom. The van der Waals surface area contributed by atoms with Crippen LogP contribution in [-0.4, -0.2) is 46.0 Å². The number of halogens is 2. The van der Waals surface area contributed by atoms with Crippen LogP contribution in [0.3, 0.4) is 0 Å². The quantitative estimate of drug-likeness (QED) is 0.231. The number of alkyl halides is 2. The van der Waals surface area contributed by atoms with Gasteiger partial charge in [-0.05, 0) is 11.6 Å². The largest absolute Gasteiger partial charge is 0.461 e. The van der Waals surface area contributed by atoms with Crippen LogP contribution in [0.4, 0.5) is 8.78 Å². The third-order valence-corrected chi connectivity index (χ3v) is 5.52. The first-order valence-electron chi connectivity index (χ1n) is 8.88. The summed E-state index contributed by atoms with van der Waals surface area (Å²) in [6.07, 6.45) is 0.377. The zero-order chi connectivity index (χ0) is 20.5. The monoisotopic (exact) mass is 397 g/mol. The molecule has 1 aromatic carbocycles. The fourth-order valence-corrected chi connectivity index (χ4v) is 3.00. The lowest BCUT2D eigenvalue weighted by atomic mass is 10.1. The van der Waals surface area contributed by atoms with Crippen LogP contribution in [0.5, 0.6) is 0 Å². The van der Waals surface area contributed by atoms with Crippen molar-refractivity contribution in [1.29, 1.82) is 0 Å². The van der Waals surface area contributed by atoms with Crippen molar-refractivity contribution >= 4 is 19.8 Å². The van der Waals surface area contributed by atoms with Gasteiger partial charge in [-0.2, -0.15) is 8.78 Å². The second kappa shape index (κ2) is 10.5. The molecule has 7 heteroatoms. The summed E-state index contributed by atoms with van der Waals surface area (Å²) in [5.41, 5.74) is -0.204. The van der Waals surface area contributed by atoms with Crippen molar-refractivity contribution in [3.05, 3.63) is 48.6 Å². The van der Waals surface area contributed by atoms with E-state index < -0.39 is 38.1 Å². The van der Waals surface area contributed by atoms with Gasteiger partial charge in [0.1, 0.15) is 0 Å². The number of carbonyl (C=O) groups is 1. The molecule has 0 radical (unpaired) electrons. The van der Waals surface area contributed by atoms with Gasteiger partial charge in [0.25, 0.3) is 5.92 Å². The molecule has 4 nitrogen and oxygen atoms in total. The van der Waals surface area contributed by atoms with Gasteiger partial charge in [-0.1, -0.05) is 56.0 Å². The number of allylic oxidation sites excluding steroid dienone is 1. The van der Waals surface area contributed by atoms with Gasteiger partial charge in [0.15, 0.2) is 5.71 Å². The first-order valence-corrected chi connectivity index (χ1v) is 12.6. The molecule has 0 amide bonds. The molecule has 27 heavy (non-hydrogen) atoms. The van der Waals surface area contributed by atoms with Crippen LogP contribution in [0.15, 0.2) is 48.0 Å². The maximum absolute atomic E-state index is 14.6. The average Bonchev–Trinajstić information content (AvgIpc) is 2.57. The first-order chi connectivity index (χ1) is 12.6. The number of carbonyl (C=O) groups excluding carboxylic acids is 1. The molecule has 0 heterocycles. The summed E-state index contributed by atoms with van der Waals surface area (Å²) in [7, 11) is -0.000359. The second-order valence-electron chi connectivity index (χ2n) is 7.50. The predicted molar refractivity (Wildman–Crippen MR) is 107 cm³/mol. The molecule has 0 saturated carbocycles. The maximum atomic E-state index is 14.6. The van der Waals surface area contributed by atoms with E-state index in [1.807, 2.05) is 6.07 Å². The number of benzene rings is 1. The van der Waals surface area contributed by atoms with E-state index in [0.29, 0.717) is 11.6 Å². The normalized spacial score (nSPS) is 13.9. The number of esters is 1. The van der Waals surface area contributed by atoms with Gasteiger partial charge in [0.2, 0.25) is 0 Å². The SMILES string of the molecule is C=CCC(F)(F)C(=N[C@@H](COC)c1ccccc1)C(=O)OCC[Si](C)(C)C. The first kappa shape index (κ1) is 23.2. The molecular formula is C20H29F2NO3Si. The Hall–Kier alpha value is -1.86. The van der Waals surface area contributed by atoms with Crippen LogP contribution in [-0.2, 0) is 14.3 Å². The van der Waals surface area contributed by atoms with Crippen molar-refractivity contribution < 1.29 is 23.0 Å². The Labute approximate surface area is 161 Å². The average molecular weight is 398 g/mol. The van der Waals surface area contributed by atoms with E-state index in [0.717, 1.165) is 6.08 Å². The number of ether oxygens (including phenoxy) is 2. The standard InChI is InChI=1S/C20H29F2NO3Si/c1-6-12-20(21,22)18(19(24)26-13-14-27(3,4)5)23-17(15-25-2)16-10-8-7-9-11-16/h6-11,17H,1,12-15H2,2-5H3/t17-/m0/s1. The van der Waals surface area contributed by atoms with Crippen LogP contribution in [0.25, 0.3) is 0 Å². The van der Waals surface area contributed by atoms with Crippen LogP contribution >= 0.6 is 0 Å². The Bertz CT molecular complexity index is 642. The Kier molecular flexibility index (Phi) is 8.98. The molecule has 0 aliphatic carbocycles. The molecule has 0 unspecified atom stereocenters. The zero-order valence-electron chi connectivity index (χ0n) is 16.5. The number of hydrogen-bond donors (Lipinski definition) is 0. The molecule has 0 bridgehead atoms. The minimum atomic E-state index is -3.46. The molecule has 0 spiro atoms. The topological polar surface area (TPSA) is 47.9 Å². The molecule has 0 saturated heterocycles. The van der Waals surface area contributed by atoms with E-state index in [1.165, 1.54) is 7.11 Å². The van der Waals surface area contributed by atoms with Gasteiger partial charge in [-0.3, -0.25) is 4.99 Å². The number of methoxy groups -OCH3 is 1. The highest BCUT2D eigenvalue weighted by molar-refractivity contribution is 6.76. The Morgan fingerprint density at radius 2 is 1.93 bits per heavy atom. The van der Waals surface area contributed by atoms with Crippen molar-refractivity contribution in [2.24, 2.45) is 4.99 Å². The summed E-state index contributed by atoms with van der Waals surface area (Å²) in [4.78, 5) is 16.5. The molecule has 1 aromatic rings. The summed E-state index contributed by atoms with van der Waals surface area (Å²) in [5.74, 6) is -4.55. The lowest BCUT2D eigenvalue weighted by Crippen LogP contribution is -2.37. The summed E-state index contributed by atoms with van der Waals surface area (Å²) in [6, 6.07) is 8.85. The lowest BCUT2D eigenvalue weighted by Gasteiger charge is -2.21. The molecule has 150 valence electrons. The number of hydrogen-bond acceptors (Lipinski definition) is 4. The van der Waals surface area contributed by atoms with Crippen LogP contribution in [0.2, 0.25) is 25.7 Å². The molecule has 0 aliphatic rings. The Balaban J connectivity index is 3.16. The van der Waals surface area contributed by atoms with Crippen molar-refractivity contribution in [2.75, 3.05) is 20.3 Å². The van der Waals surface area contributed by atoms with E-state index in [9.17, 15) is 13.6 Å². The van der Waals surface area contributed by atoms with Gasteiger partial charge in [0, 0.05) is 21.6 Å².